The second-order valence-corrected chi connectivity index (χ2v) is 7.48. The molecule has 3 N–H and O–H groups in total. The predicted molar refractivity (Wildman–Crippen MR) is 81.5 cm³/mol. The van der Waals surface area contributed by atoms with Crippen molar-refractivity contribution in [2.24, 2.45) is 0 Å². The van der Waals surface area contributed by atoms with Crippen molar-refractivity contribution < 1.29 is 13.2 Å². The van der Waals surface area contributed by atoms with Gasteiger partial charge in [-0.3, -0.25) is 5.10 Å². The van der Waals surface area contributed by atoms with Gasteiger partial charge in [-0.2, -0.15) is 5.10 Å². The number of aromatic amines is 1. The Labute approximate surface area is 126 Å². The van der Waals surface area contributed by atoms with E-state index in [0.29, 0.717) is 18.7 Å². The van der Waals surface area contributed by atoms with Crippen molar-refractivity contribution >= 4 is 10.0 Å². The van der Waals surface area contributed by atoms with E-state index in [1.807, 2.05) is 34.6 Å². The van der Waals surface area contributed by atoms with E-state index in [1.165, 1.54) is 6.20 Å². The zero-order chi connectivity index (χ0) is 16.1. The third-order valence-electron chi connectivity index (χ3n) is 2.87. The molecule has 0 aliphatic heterocycles. The topological polar surface area (TPSA) is 96.1 Å². The fourth-order valence-electron chi connectivity index (χ4n) is 1.75. The molecule has 0 aliphatic carbocycles. The summed E-state index contributed by atoms with van der Waals surface area (Å²) in [6, 6.07) is 0.264. The molecule has 0 saturated heterocycles. The number of sulfonamides is 1. The molecule has 0 bridgehead atoms. The van der Waals surface area contributed by atoms with Crippen molar-refractivity contribution in [1.29, 1.82) is 0 Å². The van der Waals surface area contributed by atoms with Crippen LogP contribution < -0.4 is 10.0 Å². The number of ether oxygens (including phenoxy) is 1. The van der Waals surface area contributed by atoms with Crippen LogP contribution in [0.1, 0.15) is 40.2 Å². The second kappa shape index (κ2) is 7.35. The number of hydrogen-bond donors (Lipinski definition) is 3. The lowest BCUT2D eigenvalue weighted by Crippen LogP contribution is -2.40. The Hall–Kier alpha value is -0.960. The van der Waals surface area contributed by atoms with E-state index in [4.69, 9.17) is 4.74 Å². The van der Waals surface area contributed by atoms with Gasteiger partial charge in [-0.15, -0.1) is 0 Å². The summed E-state index contributed by atoms with van der Waals surface area (Å²) in [6.45, 7) is 10.7. The lowest BCUT2D eigenvalue weighted by atomic mass is 10.1. The van der Waals surface area contributed by atoms with Crippen molar-refractivity contribution in [2.75, 3.05) is 13.2 Å². The molecular weight excluding hydrogens is 292 g/mol. The van der Waals surface area contributed by atoms with Crippen LogP contribution in [0.3, 0.4) is 0 Å². The fourth-order valence-corrected chi connectivity index (χ4v) is 3.08. The predicted octanol–water partition coefficient (Wildman–Crippen LogP) is 1.00. The lowest BCUT2D eigenvalue weighted by Gasteiger charge is -2.24. The molecule has 1 rings (SSSR count). The Balaban J connectivity index is 2.77. The van der Waals surface area contributed by atoms with Gasteiger partial charge in [0.25, 0.3) is 10.0 Å². The maximum Gasteiger partial charge on any atom is 0.257 e. The highest BCUT2D eigenvalue weighted by atomic mass is 32.2. The number of H-pyrrole nitrogens is 1. The SMILES string of the molecule is CCOC(C)(C)CNS(=O)(=O)c1[nH]ncc1CNC(C)C. The normalized spacial score (nSPS) is 13.0. The minimum Gasteiger partial charge on any atom is -0.375 e. The summed E-state index contributed by atoms with van der Waals surface area (Å²) in [7, 11) is -3.64. The molecule has 8 heteroatoms. The largest absolute Gasteiger partial charge is 0.375 e. The van der Waals surface area contributed by atoms with Crippen LogP contribution in [0.25, 0.3) is 0 Å². The maximum atomic E-state index is 12.3. The Morgan fingerprint density at radius 3 is 2.67 bits per heavy atom. The Morgan fingerprint density at radius 2 is 2.10 bits per heavy atom. The molecule has 1 aromatic rings. The van der Waals surface area contributed by atoms with Crippen LogP contribution in [0.15, 0.2) is 11.2 Å². The molecule has 0 unspecified atom stereocenters. The molecule has 0 spiro atoms. The Bertz CT molecular complexity index is 537. The molecule has 21 heavy (non-hydrogen) atoms. The van der Waals surface area contributed by atoms with Gasteiger partial charge in [-0.25, -0.2) is 13.1 Å². The van der Waals surface area contributed by atoms with E-state index in [0.717, 1.165) is 0 Å². The van der Waals surface area contributed by atoms with E-state index >= 15 is 0 Å². The van der Waals surface area contributed by atoms with Gasteiger partial charge in [-0.05, 0) is 20.8 Å². The molecule has 0 amide bonds. The van der Waals surface area contributed by atoms with Gasteiger partial charge in [0.1, 0.15) is 0 Å². The molecule has 122 valence electrons. The Morgan fingerprint density at radius 1 is 1.43 bits per heavy atom. The molecule has 1 aromatic heterocycles. The summed E-state index contributed by atoms with van der Waals surface area (Å²) in [5.74, 6) is 0. The van der Waals surface area contributed by atoms with Gasteiger partial charge < -0.3 is 10.1 Å². The first-order valence-corrected chi connectivity index (χ1v) is 8.55. The lowest BCUT2D eigenvalue weighted by molar-refractivity contribution is -0.00516. The minimum absolute atomic E-state index is 0.1000. The van der Waals surface area contributed by atoms with Crippen LogP contribution in [0.5, 0.6) is 0 Å². The first-order valence-electron chi connectivity index (χ1n) is 7.07. The van der Waals surface area contributed by atoms with E-state index in [9.17, 15) is 8.42 Å². The summed E-state index contributed by atoms with van der Waals surface area (Å²) >= 11 is 0. The molecule has 0 fully saturated rings. The van der Waals surface area contributed by atoms with E-state index in [-0.39, 0.29) is 17.6 Å². The molecule has 0 saturated carbocycles. The minimum atomic E-state index is -3.64. The van der Waals surface area contributed by atoms with Crippen molar-refractivity contribution in [3.63, 3.8) is 0 Å². The third kappa shape index (κ3) is 5.74. The standard InChI is InChI=1S/C13H26N4O3S/c1-6-20-13(4,5)9-16-21(18,19)12-11(8-15-17-12)7-14-10(2)3/h8,10,14,16H,6-7,9H2,1-5H3,(H,15,17). The number of hydrogen-bond acceptors (Lipinski definition) is 5. The van der Waals surface area contributed by atoms with Crippen LogP contribution in [-0.4, -0.2) is 43.4 Å². The molecule has 1 heterocycles. The van der Waals surface area contributed by atoms with E-state index < -0.39 is 15.6 Å². The monoisotopic (exact) mass is 318 g/mol. The summed E-state index contributed by atoms with van der Waals surface area (Å²) in [5.41, 5.74) is 0.0588. The van der Waals surface area contributed by atoms with Crippen molar-refractivity contribution in [3.8, 4) is 0 Å². The van der Waals surface area contributed by atoms with Crippen LogP contribution >= 0.6 is 0 Å². The molecule has 7 nitrogen and oxygen atoms in total. The first-order chi connectivity index (χ1) is 9.68. The van der Waals surface area contributed by atoms with Crippen LogP contribution in [-0.2, 0) is 21.3 Å². The maximum absolute atomic E-state index is 12.3. The summed E-state index contributed by atoms with van der Waals surface area (Å²) in [6.07, 6.45) is 1.53. The number of nitrogens with zero attached hydrogens (tertiary/aromatic N) is 1. The average molecular weight is 318 g/mol. The van der Waals surface area contributed by atoms with Gasteiger partial charge in [0.15, 0.2) is 5.03 Å². The highest BCUT2D eigenvalue weighted by Crippen LogP contribution is 2.14. The highest BCUT2D eigenvalue weighted by Gasteiger charge is 2.25. The van der Waals surface area contributed by atoms with Gasteiger partial charge in [0, 0.05) is 31.3 Å². The molecule has 0 radical (unpaired) electrons. The molecule has 0 aliphatic rings. The van der Waals surface area contributed by atoms with Crippen LogP contribution in [0.2, 0.25) is 0 Å². The fraction of sp³-hybridized carbons (Fsp3) is 0.769. The van der Waals surface area contributed by atoms with Crippen molar-refractivity contribution in [1.82, 2.24) is 20.2 Å². The molecule has 0 atom stereocenters. The van der Waals surface area contributed by atoms with Gasteiger partial charge in [0.2, 0.25) is 0 Å². The number of rotatable bonds is 9. The van der Waals surface area contributed by atoms with E-state index in [1.54, 1.807) is 0 Å². The molecular formula is C13H26N4O3S. The third-order valence-corrected chi connectivity index (χ3v) is 4.29. The van der Waals surface area contributed by atoms with Crippen molar-refractivity contribution in [2.45, 2.75) is 57.8 Å². The second-order valence-electron chi connectivity index (χ2n) is 5.78. The van der Waals surface area contributed by atoms with Crippen LogP contribution in [0, 0.1) is 0 Å². The Kier molecular flexibility index (Phi) is 6.33. The van der Waals surface area contributed by atoms with Gasteiger partial charge in [-0.1, -0.05) is 13.8 Å². The highest BCUT2D eigenvalue weighted by molar-refractivity contribution is 7.89. The quantitative estimate of drug-likeness (QED) is 0.631. The van der Waals surface area contributed by atoms with Crippen LogP contribution in [0.4, 0.5) is 0 Å². The van der Waals surface area contributed by atoms with Gasteiger partial charge >= 0.3 is 0 Å². The van der Waals surface area contributed by atoms with E-state index in [2.05, 4.69) is 20.2 Å². The zero-order valence-corrected chi connectivity index (χ0v) is 14.2. The van der Waals surface area contributed by atoms with Gasteiger partial charge in [0.05, 0.1) is 11.8 Å². The average Bonchev–Trinajstić information content (AvgIpc) is 2.83. The summed E-state index contributed by atoms with van der Waals surface area (Å²) < 4.78 is 32.7. The van der Waals surface area contributed by atoms with Crippen molar-refractivity contribution in [3.05, 3.63) is 11.8 Å². The summed E-state index contributed by atoms with van der Waals surface area (Å²) in [5, 5.41) is 9.66. The molecule has 0 aromatic carbocycles. The summed E-state index contributed by atoms with van der Waals surface area (Å²) in [4.78, 5) is 0. The zero-order valence-electron chi connectivity index (χ0n) is 13.4. The first kappa shape index (κ1) is 18.1. The smallest absolute Gasteiger partial charge is 0.257 e. The number of aromatic nitrogens is 2. The number of nitrogens with one attached hydrogen (secondary N) is 3.